The molecule has 0 amide bonds. The van der Waals surface area contributed by atoms with Gasteiger partial charge in [0.2, 0.25) is 5.95 Å². The number of nitrogen functional groups attached to an aromatic ring is 2. The molecule has 0 saturated carbocycles. The molecule has 2 aromatic rings. The van der Waals surface area contributed by atoms with Gasteiger partial charge in [0.25, 0.3) is 0 Å². The lowest BCUT2D eigenvalue weighted by atomic mass is 10.2. The van der Waals surface area contributed by atoms with Gasteiger partial charge in [-0.25, -0.2) is 4.68 Å². The summed E-state index contributed by atoms with van der Waals surface area (Å²) in [7, 11) is 0. The van der Waals surface area contributed by atoms with Crippen LogP contribution in [0.25, 0.3) is 0 Å². The zero-order valence-corrected chi connectivity index (χ0v) is 7.55. The fraction of sp³-hybridized carbons (Fsp3) is 0.250. The maximum Gasteiger partial charge on any atom is 0.240 e. The summed E-state index contributed by atoms with van der Waals surface area (Å²) in [5.74, 6) is 7.35. The van der Waals surface area contributed by atoms with Crippen molar-refractivity contribution in [2.45, 2.75) is 12.8 Å². The van der Waals surface area contributed by atoms with Crippen LogP contribution in [-0.4, -0.2) is 14.9 Å². The van der Waals surface area contributed by atoms with Gasteiger partial charge in [0, 0.05) is 12.8 Å². The number of aromatic nitrogens is 3. The van der Waals surface area contributed by atoms with Gasteiger partial charge in [0.05, 0.1) is 6.26 Å². The maximum absolute atomic E-state index is 5.58. The third-order valence-corrected chi connectivity index (χ3v) is 1.97. The molecule has 0 spiro atoms. The molecule has 6 heteroatoms. The van der Waals surface area contributed by atoms with Crippen molar-refractivity contribution in [3.63, 3.8) is 0 Å². The molecule has 0 atom stereocenters. The van der Waals surface area contributed by atoms with Gasteiger partial charge >= 0.3 is 0 Å². The van der Waals surface area contributed by atoms with Gasteiger partial charge in [0.1, 0.15) is 5.76 Å². The lowest BCUT2D eigenvalue weighted by molar-refractivity contribution is 0.505. The number of anilines is 1. The fourth-order valence-electron chi connectivity index (χ4n) is 1.20. The molecule has 0 aliphatic rings. The Morgan fingerprint density at radius 2 is 2.21 bits per heavy atom. The minimum atomic E-state index is 0.222. The minimum absolute atomic E-state index is 0.222. The summed E-state index contributed by atoms with van der Waals surface area (Å²) in [6.07, 6.45) is 3.04. The normalized spacial score (nSPS) is 10.6. The van der Waals surface area contributed by atoms with E-state index >= 15 is 0 Å². The van der Waals surface area contributed by atoms with E-state index in [1.54, 1.807) is 6.26 Å². The molecule has 0 aliphatic heterocycles. The summed E-state index contributed by atoms with van der Waals surface area (Å²) in [6, 6.07) is 3.75. The zero-order valence-electron chi connectivity index (χ0n) is 7.55. The monoisotopic (exact) mass is 193 g/mol. The molecule has 2 heterocycles. The van der Waals surface area contributed by atoms with Crippen molar-refractivity contribution in [1.82, 2.24) is 14.9 Å². The van der Waals surface area contributed by atoms with Gasteiger partial charge in [-0.05, 0) is 12.1 Å². The molecular weight excluding hydrogens is 182 g/mol. The van der Waals surface area contributed by atoms with E-state index in [0.717, 1.165) is 12.2 Å². The number of rotatable bonds is 3. The van der Waals surface area contributed by atoms with Gasteiger partial charge in [-0.2, -0.15) is 0 Å². The molecule has 4 N–H and O–H groups in total. The third kappa shape index (κ3) is 1.54. The Bertz CT molecular complexity index is 405. The van der Waals surface area contributed by atoms with E-state index in [0.29, 0.717) is 12.2 Å². The molecule has 0 radical (unpaired) electrons. The zero-order chi connectivity index (χ0) is 9.97. The van der Waals surface area contributed by atoms with Crippen LogP contribution in [0.5, 0.6) is 0 Å². The molecule has 6 nitrogen and oxygen atoms in total. The Balaban J connectivity index is 2.02. The van der Waals surface area contributed by atoms with E-state index in [2.05, 4.69) is 10.2 Å². The Hall–Kier alpha value is -1.98. The first-order valence-corrected chi connectivity index (χ1v) is 4.24. The molecule has 0 aliphatic carbocycles. The van der Waals surface area contributed by atoms with Crippen molar-refractivity contribution >= 4 is 5.95 Å². The highest BCUT2D eigenvalue weighted by atomic mass is 16.3. The summed E-state index contributed by atoms with van der Waals surface area (Å²) in [5, 5.41) is 7.49. The summed E-state index contributed by atoms with van der Waals surface area (Å²) < 4.78 is 6.45. The van der Waals surface area contributed by atoms with Gasteiger partial charge in [-0.15, -0.1) is 10.2 Å². The summed E-state index contributed by atoms with van der Waals surface area (Å²) >= 11 is 0. The fourth-order valence-corrected chi connectivity index (χ4v) is 1.20. The second-order valence-corrected chi connectivity index (χ2v) is 2.92. The second kappa shape index (κ2) is 3.41. The summed E-state index contributed by atoms with van der Waals surface area (Å²) in [6.45, 7) is 0. The first-order chi connectivity index (χ1) is 6.77. The lowest BCUT2D eigenvalue weighted by Crippen LogP contribution is -2.16. The van der Waals surface area contributed by atoms with Crippen LogP contribution in [0.3, 0.4) is 0 Å². The third-order valence-electron chi connectivity index (χ3n) is 1.97. The largest absolute Gasteiger partial charge is 0.469 e. The first-order valence-electron chi connectivity index (χ1n) is 4.24. The van der Waals surface area contributed by atoms with Crippen LogP contribution in [0.1, 0.15) is 11.6 Å². The van der Waals surface area contributed by atoms with Crippen LogP contribution in [-0.2, 0) is 12.8 Å². The van der Waals surface area contributed by atoms with Crippen LogP contribution in [0.15, 0.2) is 22.8 Å². The number of aryl methyl sites for hydroxylation is 2. The van der Waals surface area contributed by atoms with Gasteiger partial charge in [0.15, 0.2) is 5.82 Å². The van der Waals surface area contributed by atoms with Crippen molar-refractivity contribution in [2.24, 2.45) is 0 Å². The highest BCUT2D eigenvalue weighted by molar-refractivity contribution is 5.17. The highest BCUT2D eigenvalue weighted by Crippen LogP contribution is 2.06. The molecule has 74 valence electrons. The molecule has 2 aromatic heterocycles. The average molecular weight is 193 g/mol. The van der Waals surface area contributed by atoms with E-state index in [-0.39, 0.29) is 5.95 Å². The van der Waals surface area contributed by atoms with Gasteiger partial charge in [-0.1, -0.05) is 0 Å². The first kappa shape index (κ1) is 8.61. The molecular formula is C8H11N5O. The SMILES string of the molecule is Nc1nnc(CCc2ccco2)n1N. The van der Waals surface area contributed by atoms with E-state index in [4.69, 9.17) is 16.0 Å². The Morgan fingerprint density at radius 1 is 1.36 bits per heavy atom. The standard InChI is InChI=1S/C8H11N5O/c9-8-12-11-7(13(8)10)4-3-6-2-1-5-14-6/h1-2,5H,3-4,10H2,(H2,9,12). The summed E-state index contributed by atoms with van der Waals surface area (Å²) in [5.41, 5.74) is 5.43. The average Bonchev–Trinajstić information content (AvgIpc) is 2.77. The van der Waals surface area contributed by atoms with Crippen LogP contribution in [0, 0.1) is 0 Å². The van der Waals surface area contributed by atoms with Gasteiger partial charge < -0.3 is 16.0 Å². The van der Waals surface area contributed by atoms with E-state index in [1.165, 1.54) is 4.68 Å². The molecule has 0 saturated heterocycles. The Kier molecular flexibility index (Phi) is 2.10. The van der Waals surface area contributed by atoms with Crippen molar-refractivity contribution in [2.75, 3.05) is 11.6 Å². The Labute approximate surface area is 80.5 Å². The van der Waals surface area contributed by atoms with Crippen molar-refractivity contribution in [1.29, 1.82) is 0 Å². The lowest BCUT2D eigenvalue weighted by Gasteiger charge is -1.98. The predicted octanol–water partition coefficient (Wildman–Crippen LogP) is -0.0477. The van der Waals surface area contributed by atoms with Crippen LogP contribution < -0.4 is 11.6 Å². The van der Waals surface area contributed by atoms with Gasteiger partial charge in [-0.3, -0.25) is 0 Å². The minimum Gasteiger partial charge on any atom is -0.469 e. The number of nitrogens with two attached hydrogens (primary N) is 2. The Morgan fingerprint density at radius 3 is 2.79 bits per heavy atom. The van der Waals surface area contributed by atoms with Crippen molar-refractivity contribution < 1.29 is 4.42 Å². The molecule has 0 aromatic carbocycles. The summed E-state index contributed by atoms with van der Waals surface area (Å²) in [4.78, 5) is 0. The number of hydrogen-bond acceptors (Lipinski definition) is 5. The number of hydrogen-bond donors (Lipinski definition) is 2. The van der Waals surface area contributed by atoms with Crippen LogP contribution >= 0.6 is 0 Å². The van der Waals surface area contributed by atoms with Crippen LogP contribution in [0.2, 0.25) is 0 Å². The maximum atomic E-state index is 5.58. The smallest absolute Gasteiger partial charge is 0.240 e. The quantitative estimate of drug-likeness (QED) is 0.666. The van der Waals surface area contributed by atoms with Crippen molar-refractivity contribution in [3.8, 4) is 0 Å². The highest BCUT2D eigenvalue weighted by Gasteiger charge is 2.06. The van der Waals surface area contributed by atoms with Crippen LogP contribution in [0.4, 0.5) is 5.95 Å². The number of furan rings is 1. The van der Waals surface area contributed by atoms with Crippen molar-refractivity contribution in [3.05, 3.63) is 30.0 Å². The predicted molar refractivity (Wildman–Crippen MR) is 50.7 cm³/mol. The van der Waals surface area contributed by atoms with E-state index in [9.17, 15) is 0 Å². The second-order valence-electron chi connectivity index (χ2n) is 2.92. The van der Waals surface area contributed by atoms with E-state index in [1.807, 2.05) is 12.1 Å². The molecule has 2 rings (SSSR count). The topological polar surface area (TPSA) is 95.9 Å². The van der Waals surface area contributed by atoms with E-state index < -0.39 is 0 Å². The molecule has 0 unspecified atom stereocenters. The number of nitrogens with zero attached hydrogens (tertiary/aromatic N) is 3. The molecule has 0 bridgehead atoms. The molecule has 14 heavy (non-hydrogen) atoms. The molecule has 0 fully saturated rings.